The molecule has 17 heavy (non-hydrogen) atoms. The van der Waals surface area contributed by atoms with Crippen LogP contribution >= 0.6 is 0 Å². The van der Waals surface area contributed by atoms with Gasteiger partial charge in [0.15, 0.2) is 0 Å². The molecule has 0 bridgehead atoms. The van der Waals surface area contributed by atoms with Gasteiger partial charge in [0.1, 0.15) is 12.1 Å². The van der Waals surface area contributed by atoms with Gasteiger partial charge in [-0.3, -0.25) is 9.59 Å². The Kier molecular flexibility index (Phi) is 3.40. The van der Waals surface area contributed by atoms with Crippen LogP contribution < -0.4 is 5.32 Å². The first-order chi connectivity index (χ1) is 8.06. The van der Waals surface area contributed by atoms with Crippen molar-refractivity contribution in [2.75, 3.05) is 0 Å². The van der Waals surface area contributed by atoms with E-state index in [2.05, 4.69) is 5.32 Å². The third-order valence-electron chi connectivity index (χ3n) is 3.98. The van der Waals surface area contributed by atoms with Crippen LogP contribution in [0, 0.1) is 5.92 Å². The summed E-state index contributed by atoms with van der Waals surface area (Å²) in [5, 5.41) is 2.87. The molecule has 2 unspecified atom stereocenters. The van der Waals surface area contributed by atoms with Crippen molar-refractivity contribution in [1.82, 2.24) is 10.2 Å². The quantitative estimate of drug-likeness (QED) is 0.805. The second-order valence-corrected chi connectivity index (χ2v) is 5.48. The number of piperazine rings is 1. The van der Waals surface area contributed by atoms with Gasteiger partial charge in [-0.25, -0.2) is 0 Å². The molecule has 4 heteroatoms. The molecule has 2 atom stereocenters. The van der Waals surface area contributed by atoms with Crippen LogP contribution in [-0.2, 0) is 9.59 Å². The molecule has 1 saturated heterocycles. The fraction of sp³-hybridized carbons (Fsp3) is 0.846. The third-order valence-corrected chi connectivity index (χ3v) is 3.98. The molecule has 1 heterocycles. The maximum Gasteiger partial charge on any atom is 0.246 e. The number of nitrogens with zero attached hydrogens (tertiary/aromatic N) is 1. The van der Waals surface area contributed by atoms with Crippen LogP contribution in [0.1, 0.15) is 46.5 Å². The minimum absolute atomic E-state index is 0.0256. The van der Waals surface area contributed by atoms with Crippen LogP contribution in [0.25, 0.3) is 0 Å². The van der Waals surface area contributed by atoms with Crippen LogP contribution in [0.15, 0.2) is 0 Å². The Morgan fingerprint density at radius 3 is 2.41 bits per heavy atom. The monoisotopic (exact) mass is 238 g/mol. The average Bonchev–Trinajstić information content (AvgIpc) is 2.20. The fourth-order valence-electron chi connectivity index (χ4n) is 2.68. The largest absolute Gasteiger partial charge is 0.342 e. The molecule has 0 aromatic carbocycles. The minimum Gasteiger partial charge on any atom is -0.342 e. The van der Waals surface area contributed by atoms with Gasteiger partial charge >= 0.3 is 0 Å². The topological polar surface area (TPSA) is 49.4 Å². The molecule has 0 radical (unpaired) electrons. The molecule has 2 amide bonds. The first-order valence-electron chi connectivity index (χ1n) is 6.68. The average molecular weight is 238 g/mol. The van der Waals surface area contributed by atoms with Crippen molar-refractivity contribution in [2.45, 2.75) is 64.6 Å². The van der Waals surface area contributed by atoms with Crippen molar-refractivity contribution in [3.8, 4) is 0 Å². The van der Waals surface area contributed by atoms with E-state index >= 15 is 0 Å². The van der Waals surface area contributed by atoms with Crippen LogP contribution in [0.2, 0.25) is 0 Å². The van der Waals surface area contributed by atoms with Crippen molar-refractivity contribution in [2.24, 2.45) is 5.92 Å². The number of hydrogen-bond donors (Lipinski definition) is 1. The number of carbonyl (C=O) groups excluding carboxylic acids is 2. The minimum atomic E-state index is -0.328. The number of carbonyl (C=O) groups is 2. The van der Waals surface area contributed by atoms with Crippen LogP contribution in [0.3, 0.4) is 0 Å². The highest BCUT2D eigenvalue weighted by molar-refractivity contribution is 5.97. The molecule has 0 spiro atoms. The SMILES string of the molecule is CCC1C(=O)NC(C(C)C)C(=O)N1C1CCC1. The lowest BCUT2D eigenvalue weighted by molar-refractivity contribution is -0.155. The summed E-state index contributed by atoms with van der Waals surface area (Å²) in [6, 6.07) is -0.270. The van der Waals surface area contributed by atoms with E-state index < -0.39 is 0 Å². The molecule has 1 N–H and O–H groups in total. The summed E-state index contributed by atoms with van der Waals surface area (Å²) in [6.07, 6.45) is 4.00. The second-order valence-electron chi connectivity index (χ2n) is 5.48. The van der Waals surface area contributed by atoms with Gasteiger partial charge in [-0.2, -0.15) is 0 Å². The van der Waals surface area contributed by atoms with Gasteiger partial charge in [0.2, 0.25) is 11.8 Å². The van der Waals surface area contributed by atoms with Crippen molar-refractivity contribution in [3.05, 3.63) is 0 Å². The van der Waals surface area contributed by atoms with E-state index in [0.29, 0.717) is 12.5 Å². The Bertz CT molecular complexity index is 323. The smallest absolute Gasteiger partial charge is 0.246 e. The summed E-state index contributed by atoms with van der Waals surface area (Å²) < 4.78 is 0. The normalized spacial score (nSPS) is 30.5. The molecule has 2 aliphatic rings. The van der Waals surface area contributed by atoms with E-state index in [4.69, 9.17) is 0 Å². The highest BCUT2D eigenvalue weighted by atomic mass is 16.2. The zero-order valence-corrected chi connectivity index (χ0v) is 10.9. The Morgan fingerprint density at radius 2 is 2.00 bits per heavy atom. The van der Waals surface area contributed by atoms with Gasteiger partial charge in [0.25, 0.3) is 0 Å². The van der Waals surface area contributed by atoms with E-state index in [1.807, 2.05) is 25.7 Å². The van der Waals surface area contributed by atoms with Crippen LogP contribution in [-0.4, -0.2) is 34.8 Å². The zero-order valence-electron chi connectivity index (χ0n) is 10.9. The van der Waals surface area contributed by atoms with Crippen molar-refractivity contribution in [1.29, 1.82) is 0 Å². The molecule has 1 aliphatic carbocycles. The summed E-state index contributed by atoms with van der Waals surface area (Å²) in [4.78, 5) is 26.3. The lowest BCUT2D eigenvalue weighted by Crippen LogP contribution is -2.67. The van der Waals surface area contributed by atoms with E-state index in [1.54, 1.807) is 0 Å². The highest BCUT2D eigenvalue weighted by Gasteiger charge is 2.44. The Hall–Kier alpha value is -1.06. The predicted octanol–water partition coefficient (Wildman–Crippen LogP) is 1.30. The molecule has 1 saturated carbocycles. The lowest BCUT2D eigenvalue weighted by atomic mass is 9.86. The summed E-state index contributed by atoms with van der Waals surface area (Å²) in [6.45, 7) is 5.93. The lowest BCUT2D eigenvalue weighted by Gasteiger charge is -2.47. The molecule has 2 rings (SSSR count). The van der Waals surface area contributed by atoms with E-state index in [1.165, 1.54) is 6.42 Å². The summed E-state index contributed by atoms with van der Waals surface area (Å²) in [7, 11) is 0. The maximum atomic E-state index is 12.4. The van der Waals surface area contributed by atoms with Gasteiger partial charge < -0.3 is 10.2 Å². The van der Waals surface area contributed by atoms with Crippen molar-refractivity contribution < 1.29 is 9.59 Å². The first kappa shape index (κ1) is 12.4. The van der Waals surface area contributed by atoms with Crippen molar-refractivity contribution >= 4 is 11.8 Å². The van der Waals surface area contributed by atoms with Gasteiger partial charge in [0.05, 0.1) is 0 Å². The van der Waals surface area contributed by atoms with E-state index in [0.717, 1.165) is 12.8 Å². The Morgan fingerprint density at radius 1 is 1.35 bits per heavy atom. The van der Waals surface area contributed by atoms with E-state index in [-0.39, 0.29) is 29.8 Å². The molecular weight excluding hydrogens is 216 g/mol. The summed E-state index contributed by atoms with van der Waals surface area (Å²) >= 11 is 0. The molecule has 0 aromatic heterocycles. The molecule has 2 fully saturated rings. The van der Waals surface area contributed by atoms with Crippen LogP contribution in [0.5, 0.6) is 0 Å². The van der Waals surface area contributed by atoms with Gasteiger partial charge in [-0.05, 0) is 31.6 Å². The van der Waals surface area contributed by atoms with Gasteiger partial charge in [-0.1, -0.05) is 20.8 Å². The van der Waals surface area contributed by atoms with E-state index in [9.17, 15) is 9.59 Å². The Labute approximate surface area is 103 Å². The molecule has 0 aromatic rings. The van der Waals surface area contributed by atoms with Gasteiger partial charge in [-0.15, -0.1) is 0 Å². The van der Waals surface area contributed by atoms with Gasteiger partial charge in [0, 0.05) is 6.04 Å². The number of hydrogen-bond acceptors (Lipinski definition) is 2. The summed E-state index contributed by atoms with van der Waals surface area (Å²) in [5.41, 5.74) is 0. The van der Waals surface area contributed by atoms with Crippen molar-refractivity contribution in [3.63, 3.8) is 0 Å². The Balaban J connectivity index is 2.22. The fourth-order valence-corrected chi connectivity index (χ4v) is 2.68. The molecule has 4 nitrogen and oxygen atoms in total. The molecule has 1 aliphatic heterocycles. The van der Waals surface area contributed by atoms with Crippen LogP contribution in [0.4, 0.5) is 0 Å². The number of rotatable bonds is 3. The first-order valence-corrected chi connectivity index (χ1v) is 6.68. The molecular formula is C13H22N2O2. The number of nitrogens with one attached hydrogen (secondary N) is 1. The molecule has 96 valence electrons. The maximum absolute atomic E-state index is 12.4. The second kappa shape index (κ2) is 4.67. The summed E-state index contributed by atoms with van der Waals surface area (Å²) in [5.74, 6) is 0.306. The third kappa shape index (κ3) is 2.05. The predicted molar refractivity (Wildman–Crippen MR) is 65.3 cm³/mol. The zero-order chi connectivity index (χ0) is 12.6. The highest BCUT2D eigenvalue weighted by Crippen LogP contribution is 2.30. The number of amides is 2. The standard InChI is InChI=1S/C13H22N2O2/c1-4-10-12(16)14-11(8(2)3)13(17)15(10)9-6-5-7-9/h8-11H,4-7H2,1-3H3,(H,14,16).